The van der Waals surface area contributed by atoms with E-state index in [1.807, 2.05) is 30.3 Å². The number of nitrogens with zero attached hydrogens (tertiary/aromatic N) is 3. The minimum absolute atomic E-state index is 0.574. The van der Waals surface area contributed by atoms with Crippen LogP contribution in [-0.4, -0.2) is 37.6 Å². The Bertz CT molecular complexity index is 1060. The van der Waals surface area contributed by atoms with Crippen molar-refractivity contribution in [1.82, 2.24) is 4.90 Å². The van der Waals surface area contributed by atoms with E-state index < -0.39 is 0 Å². The van der Waals surface area contributed by atoms with E-state index in [-0.39, 0.29) is 0 Å². The topological polar surface area (TPSA) is 30.3 Å². The molecule has 156 valence electrons. The molecule has 0 aromatic heterocycles. The first-order valence-corrected chi connectivity index (χ1v) is 11.1. The Morgan fingerprint density at radius 1 is 0.871 bits per heavy atom. The zero-order valence-corrected chi connectivity index (χ0v) is 18.3. The average molecular weight is 428 g/mol. The summed E-state index contributed by atoms with van der Waals surface area (Å²) in [6, 6.07) is 28.9. The van der Waals surface area contributed by atoms with Crippen LogP contribution in [-0.2, 0) is 6.42 Å². The lowest BCUT2D eigenvalue weighted by Crippen LogP contribution is -2.47. The smallest absolute Gasteiger partial charge is 0.0998 e. The molecule has 3 aromatic carbocycles. The van der Waals surface area contributed by atoms with Crippen LogP contribution in [0.1, 0.15) is 16.7 Å². The van der Waals surface area contributed by atoms with Gasteiger partial charge in [-0.2, -0.15) is 5.26 Å². The molecule has 0 amide bonds. The van der Waals surface area contributed by atoms with E-state index in [0.717, 1.165) is 50.3 Å². The van der Waals surface area contributed by atoms with Gasteiger partial charge in [-0.1, -0.05) is 72.3 Å². The van der Waals surface area contributed by atoms with Gasteiger partial charge in [0.1, 0.15) is 0 Å². The molecule has 0 unspecified atom stereocenters. The van der Waals surface area contributed by atoms with Gasteiger partial charge >= 0.3 is 0 Å². The predicted octanol–water partition coefficient (Wildman–Crippen LogP) is 5.77. The predicted molar refractivity (Wildman–Crippen MR) is 130 cm³/mol. The van der Waals surface area contributed by atoms with Crippen LogP contribution < -0.4 is 4.90 Å². The molecule has 0 spiro atoms. The molecule has 0 bridgehead atoms. The van der Waals surface area contributed by atoms with Crippen LogP contribution in [0.4, 0.5) is 5.69 Å². The normalized spacial score (nSPS) is 15.0. The molecule has 0 saturated carbocycles. The average Bonchev–Trinajstić information content (AvgIpc) is 2.83. The lowest BCUT2D eigenvalue weighted by molar-refractivity contribution is 0.261. The second-order valence-corrected chi connectivity index (χ2v) is 8.21. The van der Waals surface area contributed by atoms with E-state index >= 15 is 0 Å². The van der Waals surface area contributed by atoms with Crippen molar-refractivity contribution in [3.05, 3.63) is 101 Å². The fourth-order valence-electron chi connectivity index (χ4n) is 3.96. The van der Waals surface area contributed by atoms with Crippen molar-refractivity contribution in [2.24, 2.45) is 0 Å². The van der Waals surface area contributed by atoms with E-state index in [0.29, 0.717) is 10.6 Å². The first-order chi connectivity index (χ1) is 15.2. The third kappa shape index (κ3) is 5.55. The molecule has 1 fully saturated rings. The second-order valence-electron chi connectivity index (χ2n) is 7.81. The molecule has 3 nitrogen and oxygen atoms in total. The number of hydrogen-bond donors (Lipinski definition) is 0. The number of rotatable bonds is 6. The zero-order valence-electron chi connectivity index (χ0n) is 17.5. The molecule has 31 heavy (non-hydrogen) atoms. The van der Waals surface area contributed by atoms with E-state index in [9.17, 15) is 5.26 Å². The van der Waals surface area contributed by atoms with Gasteiger partial charge < -0.3 is 4.90 Å². The summed E-state index contributed by atoms with van der Waals surface area (Å²) in [5, 5.41) is 10.2. The summed E-state index contributed by atoms with van der Waals surface area (Å²) in [7, 11) is 0. The Morgan fingerprint density at radius 2 is 1.55 bits per heavy atom. The highest BCUT2D eigenvalue weighted by Gasteiger charge is 2.17. The molecule has 1 heterocycles. The number of piperazine rings is 1. The maximum atomic E-state index is 9.58. The summed E-state index contributed by atoms with van der Waals surface area (Å²) in [6.07, 6.45) is 3.00. The number of hydrogen-bond acceptors (Lipinski definition) is 3. The molecule has 4 heteroatoms. The maximum Gasteiger partial charge on any atom is 0.0998 e. The molecular formula is C27H26ClN3. The lowest BCUT2D eigenvalue weighted by Gasteiger charge is -2.36. The van der Waals surface area contributed by atoms with Crippen molar-refractivity contribution in [2.45, 2.75) is 6.42 Å². The largest absolute Gasteiger partial charge is 0.369 e. The quantitative estimate of drug-likeness (QED) is 0.369. The minimum atomic E-state index is 0.574. The van der Waals surface area contributed by atoms with Gasteiger partial charge in [0.25, 0.3) is 0 Å². The molecular weight excluding hydrogens is 402 g/mol. The van der Waals surface area contributed by atoms with Crippen LogP contribution in [0.25, 0.3) is 11.6 Å². The number of halogens is 1. The summed E-state index contributed by atoms with van der Waals surface area (Å²) in [5.74, 6) is 0. The van der Waals surface area contributed by atoms with Crippen molar-refractivity contribution in [1.29, 1.82) is 5.26 Å². The third-order valence-electron chi connectivity index (χ3n) is 5.79. The highest BCUT2D eigenvalue weighted by Crippen LogP contribution is 2.26. The monoisotopic (exact) mass is 427 g/mol. The van der Waals surface area contributed by atoms with Crippen LogP contribution in [0.2, 0.25) is 5.02 Å². The molecule has 0 radical (unpaired) electrons. The van der Waals surface area contributed by atoms with Crippen LogP contribution in [0.3, 0.4) is 0 Å². The second kappa shape index (κ2) is 10.3. The molecule has 1 aliphatic rings. The van der Waals surface area contributed by atoms with Crippen molar-refractivity contribution >= 4 is 28.9 Å². The van der Waals surface area contributed by atoms with E-state index in [1.54, 1.807) is 0 Å². The number of nitriles is 1. The minimum Gasteiger partial charge on any atom is -0.369 e. The molecule has 0 aliphatic carbocycles. The molecule has 0 atom stereocenters. The lowest BCUT2D eigenvalue weighted by atomic mass is 10.0. The van der Waals surface area contributed by atoms with Crippen molar-refractivity contribution in [3.8, 4) is 6.07 Å². The standard InChI is InChI=1S/C27H26ClN3/c28-27-9-5-4-8-26(27)24(21-29)20-23-10-12-25(13-11-23)31-18-16-30(17-19-31)15-14-22-6-2-1-3-7-22/h1-13,20H,14-19H2/b24-20+. The van der Waals surface area contributed by atoms with Gasteiger partial charge in [0.15, 0.2) is 0 Å². The van der Waals surface area contributed by atoms with Gasteiger partial charge in [-0.25, -0.2) is 0 Å². The summed E-state index contributed by atoms with van der Waals surface area (Å²) < 4.78 is 0. The highest BCUT2D eigenvalue weighted by molar-refractivity contribution is 6.32. The number of benzene rings is 3. The van der Waals surface area contributed by atoms with Gasteiger partial charge in [0.2, 0.25) is 0 Å². The van der Waals surface area contributed by atoms with Crippen LogP contribution in [0.5, 0.6) is 0 Å². The van der Waals surface area contributed by atoms with Gasteiger partial charge in [-0.3, -0.25) is 4.90 Å². The summed E-state index contributed by atoms with van der Waals surface area (Å²) in [5.41, 5.74) is 4.98. The van der Waals surface area contributed by atoms with Crippen molar-refractivity contribution < 1.29 is 0 Å². The zero-order chi connectivity index (χ0) is 21.5. The molecule has 1 aliphatic heterocycles. The Hall–Kier alpha value is -3.06. The Labute approximate surface area is 189 Å². The number of anilines is 1. The van der Waals surface area contributed by atoms with E-state index in [2.05, 4.69) is 70.5 Å². The Balaban J connectivity index is 1.35. The van der Waals surface area contributed by atoms with Crippen LogP contribution in [0.15, 0.2) is 78.9 Å². The van der Waals surface area contributed by atoms with Crippen molar-refractivity contribution in [3.63, 3.8) is 0 Å². The van der Waals surface area contributed by atoms with E-state index in [1.165, 1.54) is 11.3 Å². The van der Waals surface area contributed by atoms with Gasteiger partial charge in [0.05, 0.1) is 11.6 Å². The van der Waals surface area contributed by atoms with Gasteiger partial charge in [-0.15, -0.1) is 0 Å². The SMILES string of the molecule is N#C/C(=C\c1ccc(N2CCN(CCc3ccccc3)CC2)cc1)c1ccccc1Cl. The maximum absolute atomic E-state index is 9.58. The molecule has 3 aromatic rings. The molecule has 4 rings (SSSR count). The van der Waals surface area contributed by atoms with Crippen molar-refractivity contribution in [2.75, 3.05) is 37.6 Å². The first-order valence-electron chi connectivity index (χ1n) is 10.7. The fraction of sp³-hybridized carbons (Fsp3) is 0.222. The third-order valence-corrected chi connectivity index (χ3v) is 6.12. The summed E-state index contributed by atoms with van der Waals surface area (Å²) in [4.78, 5) is 4.98. The molecule has 1 saturated heterocycles. The molecule has 0 N–H and O–H groups in total. The van der Waals surface area contributed by atoms with Crippen LogP contribution >= 0.6 is 11.6 Å². The Morgan fingerprint density at radius 3 is 2.23 bits per heavy atom. The van der Waals surface area contributed by atoms with Gasteiger partial charge in [0, 0.05) is 49.0 Å². The number of allylic oxidation sites excluding steroid dienone is 1. The van der Waals surface area contributed by atoms with Gasteiger partial charge in [-0.05, 0) is 41.8 Å². The highest BCUT2D eigenvalue weighted by atomic mass is 35.5. The Kier molecular flexibility index (Phi) is 7.04. The van der Waals surface area contributed by atoms with Crippen LogP contribution in [0, 0.1) is 11.3 Å². The van der Waals surface area contributed by atoms with E-state index in [4.69, 9.17) is 11.6 Å². The fourth-order valence-corrected chi connectivity index (χ4v) is 4.20. The first kappa shape index (κ1) is 21.2. The summed E-state index contributed by atoms with van der Waals surface area (Å²) in [6.45, 7) is 5.35. The summed E-state index contributed by atoms with van der Waals surface area (Å²) >= 11 is 6.26.